The SMILES string of the molecule is CN(CC1CCN(c2ccncc2)CC1)c1ncc(Cl)cc1C(=O)NCc1ccc2c(N)nccc2c1. The average Bonchev–Trinajstić information content (AvgIpc) is 2.92. The van der Waals surface area contributed by atoms with Gasteiger partial charge in [0.2, 0.25) is 0 Å². The highest BCUT2D eigenvalue weighted by atomic mass is 35.5. The van der Waals surface area contributed by atoms with Gasteiger partial charge in [-0.15, -0.1) is 0 Å². The first-order chi connectivity index (χ1) is 18.0. The highest BCUT2D eigenvalue weighted by Crippen LogP contribution is 2.27. The van der Waals surface area contributed by atoms with Crippen LogP contribution in [0.3, 0.4) is 0 Å². The van der Waals surface area contributed by atoms with E-state index in [2.05, 4.69) is 42.2 Å². The summed E-state index contributed by atoms with van der Waals surface area (Å²) in [6.07, 6.45) is 9.09. The van der Waals surface area contributed by atoms with E-state index < -0.39 is 0 Å². The van der Waals surface area contributed by atoms with Gasteiger partial charge in [0, 0.05) is 69.1 Å². The summed E-state index contributed by atoms with van der Waals surface area (Å²) in [5.41, 5.74) is 8.61. The Morgan fingerprint density at radius 3 is 2.68 bits per heavy atom. The number of carbonyl (C=O) groups excluding carboxylic acids is 1. The van der Waals surface area contributed by atoms with Crippen molar-refractivity contribution in [2.24, 2.45) is 5.92 Å². The smallest absolute Gasteiger partial charge is 0.255 e. The van der Waals surface area contributed by atoms with Crippen LogP contribution in [-0.2, 0) is 6.54 Å². The van der Waals surface area contributed by atoms with Crippen LogP contribution >= 0.6 is 11.6 Å². The maximum Gasteiger partial charge on any atom is 0.255 e. The van der Waals surface area contributed by atoms with E-state index in [4.69, 9.17) is 17.3 Å². The normalized spacial score (nSPS) is 14.1. The topological polar surface area (TPSA) is 100 Å². The number of pyridine rings is 3. The molecule has 1 aromatic carbocycles. The maximum absolute atomic E-state index is 13.2. The molecular weight excluding hydrogens is 486 g/mol. The van der Waals surface area contributed by atoms with Gasteiger partial charge >= 0.3 is 0 Å². The minimum Gasteiger partial charge on any atom is -0.383 e. The van der Waals surface area contributed by atoms with Gasteiger partial charge in [-0.3, -0.25) is 9.78 Å². The van der Waals surface area contributed by atoms with Gasteiger partial charge in [-0.1, -0.05) is 23.7 Å². The molecule has 1 aliphatic heterocycles. The number of fused-ring (bicyclic) bond motifs is 1. The molecule has 8 nitrogen and oxygen atoms in total. The molecule has 0 spiro atoms. The number of halogens is 1. The molecule has 0 radical (unpaired) electrons. The van der Waals surface area contributed by atoms with Crippen LogP contribution in [0.2, 0.25) is 5.02 Å². The second-order valence-corrected chi connectivity index (χ2v) is 9.91. The van der Waals surface area contributed by atoms with E-state index in [0.717, 1.165) is 48.8 Å². The zero-order chi connectivity index (χ0) is 25.8. The van der Waals surface area contributed by atoms with Crippen molar-refractivity contribution in [1.29, 1.82) is 0 Å². The largest absolute Gasteiger partial charge is 0.383 e. The molecule has 0 bridgehead atoms. The number of aromatic nitrogens is 3. The maximum atomic E-state index is 13.2. The lowest BCUT2D eigenvalue weighted by atomic mass is 9.96. The molecule has 1 amide bonds. The molecule has 1 saturated heterocycles. The molecule has 0 saturated carbocycles. The number of amides is 1. The third-order valence-electron chi connectivity index (χ3n) is 6.93. The number of benzene rings is 1. The predicted octanol–water partition coefficient (Wildman–Crippen LogP) is 4.54. The minimum atomic E-state index is -0.210. The van der Waals surface area contributed by atoms with Crippen LogP contribution in [-0.4, -0.2) is 47.5 Å². The monoisotopic (exact) mass is 515 g/mol. The summed E-state index contributed by atoms with van der Waals surface area (Å²) < 4.78 is 0. The van der Waals surface area contributed by atoms with Crippen molar-refractivity contribution < 1.29 is 4.79 Å². The number of nitrogens with zero attached hydrogens (tertiary/aromatic N) is 5. The van der Waals surface area contributed by atoms with Crippen LogP contribution in [0.4, 0.5) is 17.3 Å². The summed E-state index contributed by atoms with van der Waals surface area (Å²) in [6.45, 7) is 3.19. The number of rotatable bonds is 7. The van der Waals surface area contributed by atoms with Crippen molar-refractivity contribution in [1.82, 2.24) is 20.3 Å². The van der Waals surface area contributed by atoms with E-state index in [1.807, 2.05) is 43.7 Å². The lowest BCUT2D eigenvalue weighted by molar-refractivity contribution is 0.0951. The van der Waals surface area contributed by atoms with Gasteiger partial charge in [-0.05, 0) is 60.0 Å². The Balaban J connectivity index is 1.23. The van der Waals surface area contributed by atoms with Crippen molar-refractivity contribution in [3.05, 3.63) is 83.4 Å². The standard InChI is InChI=1S/C28H30ClN7O/c1-35(18-19-7-12-36(13-8-19)23-5-9-31-10-6-23)27-25(15-22(29)17-33-27)28(37)34-16-20-2-3-24-21(14-20)4-11-32-26(24)30/h2-6,9-11,14-15,17,19H,7-8,12-13,16,18H2,1H3,(H2,30,32)(H,34,37). The van der Waals surface area contributed by atoms with Crippen LogP contribution in [0.15, 0.2) is 67.3 Å². The van der Waals surface area contributed by atoms with E-state index in [-0.39, 0.29) is 5.91 Å². The van der Waals surface area contributed by atoms with Crippen molar-refractivity contribution in [3.63, 3.8) is 0 Å². The molecule has 5 rings (SSSR count). The molecule has 0 aliphatic carbocycles. The fourth-order valence-electron chi connectivity index (χ4n) is 4.94. The van der Waals surface area contributed by atoms with Crippen molar-refractivity contribution in [2.45, 2.75) is 19.4 Å². The van der Waals surface area contributed by atoms with Crippen LogP contribution in [0, 0.1) is 5.92 Å². The molecule has 0 unspecified atom stereocenters. The van der Waals surface area contributed by atoms with E-state index >= 15 is 0 Å². The van der Waals surface area contributed by atoms with Crippen molar-refractivity contribution in [2.75, 3.05) is 42.2 Å². The van der Waals surface area contributed by atoms with E-state index in [0.29, 0.717) is 34.7 Å². The molecule has 37 heavy (non-hydrogen) atoms. The first kappa shape index (κ1) is 24.8. The summed E-state index contributed by atoms with van der Waals surface area (Å²) in [5, 5.41) is 5.33. The van der Waals surface area contributed by atoms with Gasteiger partial charge in [0.1, 0.15) is 11.6 Å². The van der Waals surface area contributed by atoms with Gasteiger partial charge < -0.3 is 20.9 Å². The number of anilines is 3. The molecule has 1 aliphatic rings. The minimum absolute atomic E-state index is 0.210. The van der Waals surface area contributed by atoms with Gasteiger partial charge in [-0.25, -0.2) is 9.97 Å². The Hall–Kier alpha value is -3.91. The van der Waals surface area contributed by atoms with E-state index in [9.17, 15) is 4.79 Å². The van der Waals surface area contributed by atoms with Crippen LogP contribution < -0.4 is 20.9 Å². The number of nitrogen functional groups attached to an aromatic ring is 1. The molecule has 1 fully saturated rings. The highest BCUT2D eigenvalue weighted by molar-refractivity contribution is 6.31. The van der Waals surface area contributed by atoms with Gasteiger partial charge in [0.25, 0.3) is 5.91 Å². The lowest BCUT2D eigenvalue weighted by Gasteiger charge is -2.35. The van der Waals surface area contributed by atoms with Crippen molar-refractivity contribution >= 4 is 45.6 Å². The molecule has 190 valence electrons. The van der Waals surface area contributed by atoms with E-state index in [1.165, 1.54) is 5.69 Å². The number of carbonyl (C=O) groups is 1. The Kier molecular flexibility index (Phi) is 7.37. The van der Waals surface area contributed by atoms with Gasteiger partial charge in [0.05, 0.1) is 10.6 Å². The van der Waals surface area contributed by atoms with Gasteiger partial charge in [-0.2, -0.15) is 0 Å². The second-order valence-electron chi connectivity index (χ2n) is 9.48. The van der Waals surface area contributed by atoms with E-state index in [1.54, 1.807) is 18.5 Å². The molecule has 3 N–H and O–H groups in total. The third-order valence-corrected chi connectivity index (χ3v) is 7.13. The third kappa shape index (κ3) is 5.75. The number of hydrogen-bond donors (Lipinski definition) is 2. The summed E-state index contributed by atoms with van der Waals surface area (Å²) in [6, 6.07) is 13.6. The van der Waals surface area contributed by atoms with Crippen LogP contribution in [0.25, 0.3) is 10.8 Å². The number of hydrogen-bond acceptors (Lipinski definition) is 7. The molecule has 9 heteroatoms. The number of nitrogens with two attached hydrogens (primary N) is 1. The Morgan fingerprint density at radius 1 is 1.11 bits per heavy atom. The quantitative estimate of drug-likeness (QED) is 0.372. The Labute approximate surface area is 221 Å². The average molecular weight is 516 g/mol. The Bertz CT molecular complexity index is 1390. The fourth-order valence-corrected chi connectivity index (χ4v) is 5.10. The van der Waals surface area contributed by atoms with Crippen LogP contribution in [0.5, 0.6) is 0 Å². The first-order valence-electron chi connectivity index (χ1n) is 12.4. The molecule has 3 aromatic heterocycles. The zero-order valence-electron chi connectivity index (χ0n) is 20.8. The van der Waals surface area contributed by atoms with Gasteiger partial charge in [0.15, 0.2) is 0 Å². The highest BCUT2D eigenvalue weighted by Gasteiger charge is 2.23. The molecule has 4 heterocycles. The Morgan fingerprint density at radius 2 is 1.89 bits per heavy atom. The molecule has 0 atom stereocenters. The van der Waals surface area contributed by atoms with Crippen molar-refractivity contribution in [3.8, 4) is 0 Å². The lowest BCUT2D eigenvalue weighted by Crippen LogP contribution is -2.38. The first-order valence-corrected chi connectivity index (χ1v) is 12.8. The number of nitrogens with one attached hydrogen (secondary N) is 1. The zero-order valence-corrected chi connectivity index (χ0v) is 21.5. The molecular formula is C28H30ClN7O. The predicted molar refractivity (Wildman–Crippen MR) is 149 cm³/mol. The summed E-state index contributed by atoms with van der Waals surface area (Å²) in [5.74, 6) is 1.43. The van der Waals surface area contributed by atoms with Crippen LogP contribution in [0.1, 0.15) is 28.8 Å². The summed E-state index contributed by atoms with van der Waals surface area (Å²) in [7, 11) is 1.99. The summed E-state index contributed by atoms with van der Waals surface area (Å²) >= 11 is 6.24. The fraction of sp³-hybridized carbons (Fsp3) is 0.286. The molecule has 4 aromatic rings. The number of piperidine rings is 1. The summed E-state index contributed by atoms with van der Waals surface area (Å²) in [4.78, 5) is 30.5. The second kappa shape index (κ2) is 11.0.